The van der Waals surface area contributed by atoms with Crippen molar-refractivity contribution in [1.29, 1.82) is 0 Å². The van der Waals surface area contributed by atoms with E-state index in [9.17, 15) is 0 Å². The van der Waals surface area contributed by atoms with E-state index in [-0.39, 0.29) is 0 Å². The van der Waals surface area contributed by atoms with E-state index in [1.165, 1.54) is 43.9 Å². The molecule has 15 heavy (non-hydrogen) atoms. The summed E-state index contributed by atoms with van der Waals surface area (Å²) in [7, 11) is 2.24. The normalized spacial score (nSPS) is 38.4. The lowest BCUT2D eigenvalue weighted by molar-refractivity contribution is 0.166. The van der Waals surface area contributed by atoms with Crippen LogP contribution in [0.25, 0.3) is 0 Å². The van der Waals surface area contributed by atoms with E-state index in [1.54, 1.807) is 0 Å². The molecule has 3 atom stereocenters. The van der Waals surface area contributed by atoms with Gasteiger partial charge < -0.3 is 10.2 Å². The van der Waals surface area contributed by atoms with Crippen LogP contribution in [0.5, 0.6) is 0 Å². The van der Waals surface area contributed by atoms with Crippen molar-refractivity contribution in [3.05, 3.63) is 0 Å². The molecule has 3 heteroatoms. The quantitative estimate of drug-likeness (QED) is 0.793. The summed E-state index contributed by atoms with van der Waals surface area (Å²) in [5.74, 6) is 3.72. The van der Waals surface area contributed by atoms with Crippen molar-refractivity contribution < 1.29 is 0 Å². The maximum Gasteiger partial charge on any atom is 0.00941 e. The van der Waals surface area contributed by atoms with Crippen molar-refractivity contribution in [2.75, 3.05) is 31.6 Å². The predicted molar refractivity (Wildman–Crippen MR) is 68.5 cm³/mol. The van der Waals surface area contributed by atoms with Gasteiger partial charge in [-0.2, -0.15) is 11.8 Å². The molecule has 2 rings (SSSR count). The second-order valence-corrected chi connectivity index (χ2v) is 6.34. The fraction of sp³-hybridized carbons (Fsp3) is 1.00. The molecule has 0 spiro atoms. The van der Waals surface area contributed by atoms with Crippen LogP contribution in [-0.2, 0) is 0 Å². The van der Waals surface area contributed by atoms with Crippen molar-refractivity contribution in [1.82, 2.24) is 10.2 Å². The molecule has 2 aliphatic rings. The van der Waals surface area contributed by atoms with Gasteiger partial charge in [0.1, 0.15) is 0 Å². The molecule has 0 aromatic heterocycles. The molecule has 2 aliphatic heterocycles. The lowest BCUT2D eigenvalue weighted by atomic mass is 9.98. The third-order valence-corrected chi connectivity index (χ3v) is 5.16. The highest BCUT2D eigenvalue weighted by Crippen LogP contribution is 2.23. The molecule has 0 radical (unpaired) electrons. The van der Waals surface area contributed by atoms with Crippen LogP contribution in [0.2, 0.25) is 0 Å². The fourth-order valence-electron chi connectivity index (χ4n) is 2.55. The Morgan fingerprint density at radius 3 is 2.93 bits per heavy atom. The van der Waals surface area contributed by atoms with E-state index >= 15 is 0 Å². The van der Waals surface area contributed by atoms with Crippen molar-refractivity contribution in [3.8, 4) is 0 Å². The van der Waals surface area contributed by atoms with Crippen LogP contribution < -0.4 is 5.32 Å². The first kappa shape index (κ1) is 11.7. The standard InChI is InChI=1S/C12H24N2S/c1-10-7-12(3-5-14(10)2)13-8-11-4-6-15-9-11/h10-13H,3-9H2,1-2H3. The van der Waals surface area contributed by atoms with E-state index in [2.05, 4.69) is 35.9 Å². The van der Waals surface area contributed by atoms with Gasteiger partial charge >= 0.3 is 0 Å². The van der Waals surface area contributed by atoms with Crippen LogP contribution >= 0.6 is 11.8 Å². The monoisotopic (exact) mass is 228 g/mol. The van der Waals surface area contributed by atoms with Crippen LogP contribution in [0, 0.1) is 5.92 Å². The summed E-state index contributed by atoms with van der Waals surface area (Å²) in [6, 6.07) is 1.54. The van der Waals surface area contributed by atoms with E-state index in [1.807, 2.05) is 0 Å². The minimum atomic E-state index is 0.759. The van der Waals surface area contributed by atoms with Crippen LogP contribution in [-0.4, -0.2) is 48.6 Å². The van der Waals surface area contributed by atoms with Gasteiger partial charge in [-0.3, -0.25) is 0 Å². The molecular weight excluding hydrogens is 204 g/mol. The smallest absolute Gasteiger partial charge is 0.00941 e. The van der Waals surface area contributed by atoms with Crippen LogP contribution in [0.3, 0.4) is 0 Å². The van der Waals surface area contributed by atoms with Crippen molar-refractivity contribution >= 4 is 11.8 Å². The number of rotatable bonds is 3. The molecule has 0 saturated carbocycles. The minimum absolute atomic E-state index is 0.759. The van der Waals surface area contributed by atoms with E-state index < -0.39 is 0 Å². The van der Waals surface area contributed by atoms with E-state index in [0.29, 0.717) is 0 Å². The summed E-state index contributed by atoms with van der Waals surface area (Å²) in [5, 5.41) is 3.77. The first-order chi connectivity index (χ1) is 7.25. The molecule has 0 aliphatic carbocycles. The Morgan fingerprint density at radius 2 is 2.27 bits per heavy atom. The van der Waals surface area contributed by atoms with Gasteiger partial charge in [0.2, 0.25) is 0 Å². The lowest BCUT2D eigenvalue weighted by Gasteiger charge is -2.35. The van der Waals surface area contributed by atoms with E-state index in [4.69, 9.17) is 0 Å². The average Bonchev–Trinajstić information content (AvgIpc) is 2.73. The summed E-state index contributed by atoms with van der Waals surface area (Å²) in [6.45, 7) is 4.87. The molecule has 1 N–H and O–H groups in total. The fourth-order valence-corrected chi connectivity index (χ4v) is 3.84. The summed E-state index contributed by atoms with van der Waals surface area (Å²) >= 11 is 2.12. The number of likely N-dealkylation sites (tertiary alicyclic amines) is 1. The minimum Gasteiger partial charge on any atom is -0.314 e. The van der Waals surface area contributed by atoms with Crippen molar-refractivity contribution in [2.45, 2.75) is 38.3 Å². The maximum atomic E-state index is 3.77. The third kappa shape index (κ3) is 3.36. The molecule has 88 valence electrons. The lowest BCUT2D eigenvalue weighted by Crippen LogP contribution is -2.46. The van der Waals surface area contributed by atoms with Gasteiger partial charge in [0.25, 0.3) is 0 Å². The number of hydrogen-bond donors (Lipinski definition) is 1. The maximum absolute atomic E-state index is 3.77. The van der Waals surface area contributed by atoms with Gasteiger partial charge in [0, 0.05) is 12.1 Å². The van der Waals surface area contributed by atoms with Gasteiger partial charge in [-0.1, -0.05) is 0 Å². The second kappa shape index (κ2) is 5.55. The Labute approximate surface area is 98.2 Å². The molecule has 2 nitrogen and oxygen atoms in total. The highest BCUT2D eigenvalue weighted by molar-refractivity contribution is 7.99. The molecular formula is C12H24N2S. The summed E-state index contributed by atoms with van der Waals surface area (Å²) in [4.78, 5) is 2.48. The molecule has 0 aromatic rings. The molecule has 2 heterocycles. The van der Waals surface area contributed by atoms with Gasteiger partial charge in [-0.25, -0.2) is 0 Å². The molecule has 2 saturated heterocycles. The Bertz CT molecular complexity index is 192. The number of piperidine rings is 1. The van der Waals surface area contributed by atoms with Crippen LogP contribution in [0.15, 0.2) is 0 Å². The van der Waals surface area contributed by atoms with Crippen LogP contribution in [0.4, 0.5) is 0 Å². The van der Waals surface area contributed by atoms with Gasteiger partial charge in [-0.15, -0.1) is 0 Å². The second-order valence-electron chi connectivity index (χ2n) is 5.19. The predicted octanol–water partition coefficient (Wildman–Crippen LogP) is 1.81. The first-order valence-electron chi connectivity index (χ1n) is 6.27. The molecule has 3 unspecified atom stereocenters. The molecule has 0 amide bonds. The Kier molecular flexibility index (Phi) is 4.35. The molecule has 0 aromatic carbocycles. The summed E-state index contributed by atoms with van der Waals surface area (Å²) in [6.07, 6.45) is 4.09. The average molecular weight is 228 g/mol. The highest BCUT2D eigenvalue weighted by atomic mass is 32.2. The number of nitrogens with zero attached hydrogens (tertiary/aromatic N) is 1. The van der Waals surface area contributed by atoms with Gasteiger partial charge in [0.15, 0.2) is 0 Å². The zero-order valence-corrected chi connectivity index (χ0v) is 10.9. The van der Waals surface area contributed by atoms with Gasteiger partial charge in [-0.05, 0) is 63.7 Å². The molecule has 2 fully saturated rings. The number of thioether (sulfide) groups is 1. The SMILES string of the molecule is CC1CC(NCC2CCSC2)CCN1C. The van der Waals surface area contributed by atoms with Crippen molar-refractivity contribution in [2.24, 2.45) is 5.92 Å². The zero-order valence-electron chi connectivity index (χ0n) is 10.0. The topological polar surface area (TPSA) is 15.3 Å². The first-order valence-corrected chi connectivity index (χ1v) is 7.42. The largest absolute Gasteiger partial charge is 0.314 e. The Morgan fingerprint density at radius 1 is 1.40 bits per heavy atom. The van der Waals surface area contributed by atoms with Gasteiger partial charge in [0.05, 0.1) is 0 Å². The Balaban J connectivity index is 1.66. The summed E-state index contributed by atoms with van der Waals surface area (Å²) in [5.41, 5.74) is 0. The third-order valence-electron chi connectivity index (χ3n) is 3.93. The highest BCUT2D eigenvalue weighted by Gasteiger charge is 2.23. The number of hydrogen-bond acceptors (Lipinski definition) is 3. The Hall–Kier alpha value is 0.270. The van der Waals surface area contributed by atoms with Crippen molar-refractivity contribution in [3.63, 3.8) is 0 Å². The molecule has 0 bridgehead atoms. The zero-order chi connectivity index (χ0) is 10.7. The number of nitrogens with one attached hydrogen (secondary N) is 1. The van der Waals surface area contributed by atoms with Crippen LogP contribution in [0.1, 0.15) is 26.2 Å². The van der Waals surface area contributed by atoms with E-state index in [0.717, 1.165) is 18.0 Å². The summed E-state index contributed by atoms with van der Waals surface area (Å²) < 4.78 is 0.